The molecule has 0 spiro atoms. The molecule has 1 atom stereocenters. The predicted octanol–water partition coefficient (Wildman–Crippen LogP) is 2.63. The average molecular weight is 254 g/mol. The Labute approximate surface area is 108 Å². The molecule has 0 heterocycles. The van der Waals surface area contributed by atoms with E-state index in [4.69, 9.17) is 14.2 Å². The highest BCUT2D eigenvalue weighted by atomic mass is 16.5. The zero-order valence-corrected chi connectivity index (χ0v) is 11.3. The maximum absolute atomic E-state index is 9.42. The molecule has 1 rings (SSSR count). The molecule has 0 saturated carbocycles. The van der Waals surface area contributed by atoms with Crippen molar-refractivity contribution in [2.45, 2.75) is 32.3 Å². The minimum atomic E-state index is -0.228. The van der Waals surface area contributed by atoms with Crippen molar-refractivity contribution >= 4 is 0 Å². The zero-order chi connectivity index (χ0) is 13.4. The van der Waals surface area contributed by atoms with Crippen LogP contribution in [0.5, 0.6) is 17.2 Å². The molecule has 1 unspecified atom stereocenters. The van der Waals surface area contributed by atoms with E-state index >= 15 is 0 Å². The van der Waals surface area contributed by atoms with E-state index in [1.165, 1.54) is 0 Å². The highest BCUT2D eigenvalue weighted by molar-refractivity contribution is 5.41. The molecule has 1 N–H and O–H groups in total. The van der Waals surface area contributed by atoms with E-state index in [1.54, 1.807) is 20.3 Å². The molecule has 4 nitrogen and oxygen atoms in total. The Balaban J connectivity index is 2.46. The van der Waals surface area contributed by atoms with Crippen molar-refractivity contribution in [1.82, 2.24) is 0 Å². The molecular weight excluding hydrogens is 232 g/mol. The van der Waals surface area contributed by atoms with Gasteiger partial charge in [0.05, 0.1) is 26.9 Å². The first-order chi connectivity index (χ1) is 8.69. The summed E-state index contributed by atoms with van der Waals surface area (Å²) in [4.78, 5) is 0. The predicted molar refractivity (Wildman–Crippen MR) is 70.6 cm³/mol. The van der Waals surface area contributed by atoms with Crippen LogP contribution in [0.4, 0.5) is 0 Å². The molecule has 0 aliphatic heterocycles. The number of hydrogen-bond donors (Lipinski definition) is 1. The van der Waals surface area contributed by atoms with Crippen LogP contribution in [0.25, 0.3) is 0 Å². The Bertz CT molecular complexity index is 329. The Morgan fingerprint density at radius 2 is 1.61 bits per heavy atom. The van der Waals surface area contributed by atoms with E-state index in [1.807, 2.05) is 19.1 Å². The lowest BCUT2D eigenvalue weighted by Gasteiger charge is -2.11. The number of methoxy groups -OCH3 is 2. The Morgan fingerprint density at radius 1 is 1.06 bits per heavy atom. The molecular formula is C14H22O4. The molecule has 0 saturated heterocycles. The Morgan fingerprint density at radius 3 is 2.11 bits per heavy atom. The molecule has 0 fully saturated rings. The van der Waals surface area contributed by atoms with Gasteiger partial charge in [-0.15, -0.1) is 0 Å². The molecule has 0 aliphatic carbocycles. The third kappa shape index (κ3) is 4.84. The fourth-order valence-electron chi connectivity index (χ4n) is 1.58. The number of aliphatic hydroxyl groups is 1. The van der Waals surface area contributed by atoms with Crippen LogP contribution >= 0.6 is 0 Å². The van der Waals surface area contributed by atoms with Crippen LogP contribution in [0.2, 0.25) is 0 Å². The van der Waals surface area contributed by atoms with Crippen molar-refractivity contribution in [2.24, 2.45) is 0 Å². The van der Waals surface area contributed by atoms with Crippen molar-refractivity contribution in [2.75, 3.05) is 20.8 Å². The van der Waals surface area contributed by atoms with Gasteiger partial charge in [0, 0.05) is 18.2 Å². The van der Waals surface area contributed by atoms with E-state index < -0.39 is 0 Å². The smallest absolute Gasteiger partial charge is 0.126 e. The molecule has 4 heteroatoms. The summed E-state index contributed by atoms with van der Waals surface area (Å²) in [5.41, 5.74) is 0. The van der Waals surface area contributed by atoms with Crippen molar-refractivity contribution < 1.29 is 19.3 Å². The molecule has 102 valence electrons. The molecule has 0 amide bonds. The van der Waals surface area contributed by atoms with Crippen molar-refractivity contribution in [3.63, 3.8) is 0 Å². The van der Waals surface area contributed by atoms with E-state index in [2.05, 4.69) is 0 Å². The Hall–Kier alpha value is -1.42. The van der Waals surface area contributed by atoms with Gasteiger partial charge in [0.25, 0.3) is 0 Å². The molecule has 1 aromatic rings. The van der Waals surface area contributed by atoms with Crippen LogP contribution in [-0.2, 0) is 0 Å². The second-order valence-corrected chi connectivity index (χ2v) is 4.10. The minimum absolute atomic E-state index is 0.228. The molecule has 0 aromatic heterocycles. The number of ether oxygens (including phenoxy) is 3. The standard InChI is InChI=1S/C14H22O4/c1-4-11(15)6-5-7-18-14-9-12(16-2)8-13(10-14)17-3/h8-11,15H,4-7H2,1-3H3. The maximum atomic E-state index is 9.42. The van der Waals surface area contributed by atoms with Crippen LogP contribution in [0.1, 0.15) is 26.2 Å². The van der Waals surface area contributed by atoms with Crippen molar-refractivity contribution in [3.05, 3.63) is 18.2 Å². The van der Waals surface area contributed by atoms with Gasteiger partial charge in [-0.05, 0) is 19.3 Å². The van der Waals surface area contributed by atoms with Gasteiger partial charge in [-0.2, -0.15) is 0 Å². The van der Waals surface area contributed by atoms with E-state index in [0.29, 0.717) is 18.1 Å². The van der Waals surface area contributed by atoms with E-state index in [-0.39, 0.29) is 6.10 Å². The summed E-state index contributed by atoms with van der Waals surface area (Å²) in [5.74, 6) is 2.13. The third-order valence-corrected chi connectivity index (χ3v) is 2.75. The summed E-state index contributed by atoms with van der Waals surface area (Å²) in [7, 11) is 3.21. The number of aliphatic hydroxyl groups excluding tert-OH is 1. The summed E-state index contributed by atoms with van der Waals surface area (Å²) in [6.07, 6.45) is 2.15. The van der Waals surface area contributed by atoms with Gasteiger partial charge in [0.2, 0.25) is 0 Å². The first kappa shape index (κ1) is 14.6. The largest absolute Gasteiger partial charge is 0.496 e. The lowest BCUT2D eigenvalue weighted by atomic mass is 10.1. The van der Waals surface area contributed by atoms with Crippen LogP contribution < -0.4 is 14.2 Å². The summed E-state index contributed by atoms with van der Waals surface area (Å²) in [5, 5.41) is 9.42. The highest BCUT2D eigenvalue weighted by Gasteiger charge is 2.04. The van der Waals surface area contributed by atoms with Crippen LogP contribution in [-0.4, -0.2) is 32.0 Å². The van der Waals surface area contributed by atoms with Crippen molar-refractivity contribution in [1.29, 1.82) is 0 Å². The lowest BCUT2D eigenvalue weighted by molar-refractivity contribution is 0.148. The summed E-state index contributed by atoms with van der Waals surface area (Å²) in [6, 6.07) is 5.44. The zero-order valence-electron chi connectivity index (χ0n) is 11.3. The van der Waals surface area contributed by atoms with Gasteiger partial charge in [-0.1, -0.05) is 6.92 Å². The summed E-state index contributed by atoms with van der Waals surface area (Å²) >= 11 is 0. The average Bonchev–Trinajstić information content (AvgIpc) is 2.42. The summed E-state index contributed by atoms with van der Waals surface area (Å²) in [6.45, 7) is 2.55. The summed E-state index contributed by atoms with van der Waals surface area (Å²) < 4.78 is 15.9. The van der Waals surface area contributed by atoms with Crippen molar-refractivity contribution in [3.8, 4) is 17.2 Å². The first-order valence-corrected chi connectivity index (χ1v) is 6.23. The minimum Gasteiger partial charge on any atom is -0.496 e. The van der Waals surface area contributed by atoms with Gasteiger partial charge in [0.15, 0.2) is 0 Å². The maximum Gasteiger partial charge on any atom is 0.126 e. The molecule has 0 bridgehead atoms. The fourth-order valence-corrected chi connectivity index (χ4v) is 1.58. The van der Waals surface area contributed by atoms with Crippen LogP contribution in [0, 0.1) is 0 Å². The molecule has 1 aromatic carbocycles. The van der Waals surface area contributed by atoms with E-state index in [9.17, 15) is 5.11 Å². The molecule has 0 aliphatic rings. The molecule has 0 radical (unpaired) electrons. The lowest BCUT2D eigenvalue weighted by Crippen LogP contribution is -2.07. The van der Waals surface area contributed by atoms with Gasteiger partial charge in [-0.25, -0.2) is 0 Å². The third-order valence-electron chi connectivity index (χ3n) is 2.75. The van der Waals surface area contributed by atoms with Gasteiger partial charge in [0.1, 0.15) is 17.2 Å². The highest BCUT2D eigenvalue weighted by Crippen LogP contribution is 2.27. The van der Waals surface area contributed by atoms with Gasteiger partial charge in [-0.3, -0.25) is 0 Å². The van der Waals surface area contributed by atoms with E-state index in [0.717, 1.165) is 25.0 Å². The normalized spacial score (nSPS) is 12.0. The van der Waals surface area contributed by atoms with Crippen LogP contribution in [0.3, 0.4) is 0 Å². The quantitative estimate of drug-likeness (QED) is 0.724. The second-order valence-electron chi connectivity index (χ2n) is 4.10. The number of hydrogen-bond acceptors (Lipinski definition) is 4. The first-order valence-electron chi connectivity index (χ1n) is 6.23. The van der Waals surface area contributed by atoms with Gasteiger partial charge >= 0.3 is 0 Å². The topological polar surface area (TPSA) is 47.9 Å². The second kappa shape index (κ2) is 7.82. The molecule has 18 heavy (non-hydrogen) atoms. The SMILES string of the molecule is CCC(O)CCCOc1cc(OC)cc(OC)c1. The van der Waals surface area contributed by atoms with Gasteiger partial charge < -0.3 is 19.3 Å². The Kier molecular flexibility index (Phi) is 6.36. The van der Waals surface area contributed by atoms with Crippen LogP contribution in [0.15, 0.2) is 18.2 Å². The fraction of sp³-hybridized carbons (Fsp3) is 0.571. The monoisotopic (exact) mass is 254 g/mol. The number of benzene rings is 1. The number of rotatable bonds is 8.